The number of hydrogen-bond acceptors (Lipinski definition) is 3. The van der Waals surface area contributed by atoms with Crippen LogP contribution in [0.25, 0.3) is 5.57 Å². The molecular weight excluding hydrogens is 214 g/mol. The van der Waals surface area contributed by atoms with Crippen molar-refractivity contribution in [3.63, 3.8) is 0 Å². The molecule has 1 aromatic rings. The molecule has 1 aliphatic heterocycles. The minimum atomic E-state index is -3.96. The smallest absolute Gasteiger partial charge is 0.269 e. The molecule has 5 heteroatoms. The van der Waals surface area contributed by atoms with E-state index in [1.807, 2.05) is 24.3 Å². The molecule has 0 saturated carbocycles. The average molecular weight is 225 g/mol. The lowest BCUT2D eigenvalue weighted by Crippen LogP contribution is -2.13. The highest BCUT2D eigenvalue weighted by atomic mass is 32.2. The first-order chi connectivity index (χ1) is 7.06. The minimum Gasteiger partial charge on any atom is -0.381 e. The summed E-state index contributed by atoms with van der Waals surface area (Å²) < 4.78 is 30.4. The molecule has 0 aliphatic carbocycles. The Morgan fingerprint density at radius 1 is 1.33 bits per heavy atom. The van der Waals surface area contributed by atoms with Gasteiger partial charge in [-0.15, -0.1) is 0 Å². The second-order valence-corrected chi connectivity index (χ2v) is 4.83. The van der Waals surface area contributed by atoms with Gasteiger partial charge in [0, 0.05) is 17.8 Å². The molecule has 1 aromatic carbocycles. The van der Waals surface area contributed by atoms with Crippen LogP contribution in [0.5, 0.6) is 0 Å². The number of anilines is 1. The van der Waals surface area contributed by atoms with Gasteiger partial charge in [-0.05, 0) is 11.6 Å². The minimum absolute atomic E-state index is 0.328. The lowest BCUT2D eigenvalue weighted by atomic mass is 10.0. The van der Waals surface area contributed by atoms with Gasteiger partial charge in [-0.2, -0.15) is 8.42 Å². The third-order valence-electron chi connectivity index (χ3n) is 2.25. The Bertz CT molecular complexity index is 505. The molecule has 0 spiro atoms. The van der Waals surface area contributed by atoms with E-state index < -0.39 is 10.1 Å². The number of benzene rings is 1. The molecule has 0 aromatic heterocycles. The van der Waals surface area contributed by atoms with Gasteiger partial charge in [0.05, 0.1) is 0 Å². The summed E-state index contributed by atoms with van der Waals surface area (Å²) in [6.45, 7) is 0.585. The van der Waals surface area contributed by atoms with Crippen molar-refractivity contribution in [1.29, 1.82) is 0 Å². The summed E-state index contributed by atoms with van der Waals surface area (Å²) in [7, 11) is -3.96. The molecule has 2 N–H and O–H groups in total. The van der Waals surface area contributed by atoms with Crippen LogP contribution in [0.15, 0.2) is 30.3 Å². The monoisotopic (exact) mass is 225 g/mol. The molecule has 0 radical (unpaired) electrons. The second kappa shape index (κ2) is 3.67. The van der Waals surface area contributed by atoms with Gasteiger partial charge in [0.1, 0.15) is 5.75 Å². The van der Waals surface area contributed by atoms with E-state index in [9.17, 15) is 8.42 Å². The zero-order valence-corrected chi connectivity index (χ0v) is 8.79. The molecule has 0 bridgehead atoms. The van der Waals surface area contributed by atoms with Crippen LogP contribution in [0.4, 0.5) is 5.69 Å². The van der Waals surface area contributed by atoms with E-state index in [1.54, 1.807) is 6.08 Å². The van der Waals surface area contributed by atoms with Crippen LogP contribution < -0.4 is 5.32 Å². The first-order valence-corrected chi connectivity index (χ1v) is 6.15. The maximum Gasteiger partial charge on any atom is 0.269 e. The van der Waals surface area contributed by atoms with Gasteiger partial charge in [0.15, 0.2) is 0 Å². The Kier molecular flexibility index (Phi) is 2.50. The van der Waals surface area contributed by atoms with Crippen molar-refractivity contribution in [2.24, 2.45) is 0 Å². The van der Waals surface area contributed by atoms with Crippen LogP contribution in [0.3, 0.4) is 0 Å². The molecule has 1 aliphatic rings. The summed E-state index contributed by atoms with van der Waals surface area (Å²) in [5.74, 6) is -0.328. The van der Waals surface area contributed by atoms with Crippen molar-refractivity contribution in [1.82, 2.24) is 0 Å². The SMILES string of the molecule is O=S(=O)(O)CC1=CCNc2ccccc21. The topological polar surface area (TPSA) is 66.4 Å². The first-order valence-electron chi connectivity index (χ1n) is 4.54. The lowest BCUT2D eigenvalue weighted by Gasteiger charge is -2.18. The third-order valence-corrected chi connectivity index (χ3v) is 2.93. The molecule has 15 heavy (non-hydrogen) atoms. The maximum atomic E-state index is 10.8. The second-order valence-electron chi connectivity index (χ2n) is 3.38. The van der Waals surface area contributed by atoms with Crippen molar-refractivity contribution < 1.29 is 13.0 Å². The Morgan fingerprint density at radius 3 is 2.80 bits per heavy atom. The van der Waals surface area contributed by atoms with Gasteiger partial charge in [0.25, 0.3) is 10.1 Å². The van der Waals surface area contributed by atoms with Crippen molar-refractivity contribution >= 4 is 21.4 Å². The largest absolute Gasteiger partial charge is 0.381 e. The van der Waals surface area contributed by atoms with Crippen molar-refractivity contribution in [3.05, 3.63) is 35.9 Å². The normalized spacial score (nSPS) is 15.1. The van der Waals surface area contributed by atoms with Crippen LogP contribution >= 0.6 is 0 Å². The summed E-state index contributed by atoms with van der Waals surface area (Å²) in [5.41, 5.74) is 2.38. The van der Waals surface area contributed by atoms with E-state index in [4.69, 9.17) is 4.55 Å². The predicted octanol–water partition coefficient (Wildman–Crippen LogP) is 1.38. The van der Waals surface area contributed by atoms with E-state index in [0.717, 1.165) is 11.3 Å². The first kappa shape index (κ1) is 10.2. The number of rotatable bonds is 2. The Balaban J connectivity index is 2.39. The fourth-order valence-corrected chi connectivity index (χ4v) is 2.31. The van der Waals surface area contributed by atoms with Crippen LogP contribution in [0.2, 0.25) is 0 Å². The Labute approximate surface area is 88.4 Å². The lowest BCUT2D eigenvalue weighted by molar-refractivity contribution is 0.487. The fraction of sp³-hybridized carbons (Fsp3) is 0.200. The highest BCUT2D eigenvalue weighted by Gasteiger charge is 2.16. The molecule has 0 amide bonds. The van der Waals surface area contributed by atoms with Gasteiger partial charge in [-0.25, -0.2) is 0 Å². The number of nitrogens with one attached hydrogen (secondary N) is 1. The highest BCUT2D eigenvalue weighted by molar-refractivity contribution is 7.86. The molecular formula is C10H11NO3S. The summed E-state index contributed by atoms with van der Waals surface area (Å²) in [6, 6.07) is 7.43. The van der Waals surface area contributed by atoms with Crippen LogP contribution in [-0.4, -0.2) is 25.3 Å². The summed E-state index contributed by atoms with van der Waals surface area (Å²) in [4.78, 5) is 0. The van der Waals surface area contributed by atoms with Crippen molar-refractivity contribution in [2.75, 3.05) is 17.6 Å². The van der Waals surface area contributed by atoms with Gasteiger partial charge in [-0.3, -0.25) is 4.55 Å². The fourth-order valence-electron chi connectivity index (χ4n) is 1.64. The van der Waals surface area contributed by atoms with E-state index >= 15 is 0 Å². The maximum absolute atomic E-state index is 10.8. The zero-order chi connectivity index (χ0) is 10.9. The molecule has 0 saturated heterocycles. The third kappa shape index (κ3) is 2.37. The Morgan fingerprint density at radius 2 is 2.07 bits per heavy atom. The van der Waals surface area contributed by atoms with Gasteiger partial charge in [0.2, 0.25) is 0 Å². The van der Waals surface area contributed by atoms with E-state index in [1.165, 1.54) is 0 Å². The van der Waals surface area contributed by atoms with Gasteiger partial charge in [-0.1, -0.05) is 24.3 Å². The standard InChI is InChI=1S/C10H11NO3S/c12-15(13,14)7-8-5-6-11-10-4-2-1-3-9(8)10/h1-5,11H,6-7H2,(H,12,13,14). The van der Waals surface area contributed by atoms with E-state index in [0.29, 0.717) is 12.1 Å². The molecule has 4 nitrogen and oxygen atoms in total. The summed E-state index contributed by atoms with van der Waals surface area (Å²) in [6.07, 6.45) is 1.77. The van der Waals surface area contributed by atoms with Crippen molar-refractivity contribution in [3.8, 4) is 0 Å². The molecule has 1 heterocycles. The number of fused-ring (bicyclic) bond motifs is 1. The predicted molar refractivity (Wildman–Crippen MR) is 59.3 cm³/mol. The quantitative estimate of drug-likeness (QED) is 0.746. The molecule has 2 rings (SSSR count). The number of hydrogen-bond donors (Lipinski definition) is 2. The zero-order valence-electron chi connectivity index (χ0n) is 7.97. The average Bonchev–Trinajstić information content (AvgIpc) is 2.16. The van der Waals surface area contributed by atoms with Gasteiger partial charge < -0.3 is 5.32 Å². The van der Waals surface area contributed by atoms with Crippen LogP contribution in [0, 0.1) is 0 Å². The summed E-state index contributed by atoms with van der Waals surface area (Å²) in [5, 5.41) is 3.13. The Hall–Kier alpha value is -1.33. The van der Waals surface area contributed by atoms with Crippen LogP contribution in [0.1, 0.15) is 5.56 Å². The van der Waals surface area contributed by atoms with E-state index in [2.05, 4.69) is 5.32 Å². The van der Waals surface area contributed by atoms with Crippen molar-refractivity contribution in [2.45, 2.75) is 0 Å². The summed E-state index contributed by atoms with van der Waals surface area (Å²) >= 11 is 0. The van der Waals surface area contributed by atoms with E-state index in [-0.39, 0.29) is 5.75 Å². The highest BCUT2D eigenvalue weighted by Crippen LogP contribution is 2.27. The molecule has 0 fully saturated rings. The molecule has 0 unspecified atom stereocenters. The number of para-hydroxylation sites is 1. The van der Waals surface area contributed by atoms with Crippen LogP contribution in [-0.2, 0) is 10.1 Å². The van der Waals surface area contributed by atoms with Gasteiger partial charge >= 0.3 is 0 Å². The molecule has 0 atom stereocenters. The molecule has 80 valence electrons.